The van der Waals surface area contributed by atoms with Crippen molar-refractivity contribution in [3.63, 3.8) is 0 Å². The Morgan fingerprint density at radius 2 is 1.92 bits per heavy atom. The van der Waals surface area contributed by atoms with Gasteiger partial charge in [0.2, 0.25) is 5.91 Å². The van der Waals surface area contributed by atoms with E-state index in [0.717, 1.165) is 29.7 Å². The Kier molecular flexibility index (Phi) is 4.64. The molecule has 1 saturated heterocycles. The third-order valence-electron chi connectivity index (χ3n) is 4.31. The second-order valence-electron chi connectivity index (χ2n) is 5.77. The van der Waals surface area contributed by atoms with Crippen LogP contribution in [0.4, 0.5) is 5.69 Å². The highest BCUT2D eigenvalue weighted by Crippen LogP contribution is 2.25. The molecule has 6 nitrogen and oxygen atoms in total. The fourth-order valence-corrected chi connectivity index (χ4v) is 3.00. The highest BCUT2D eigenvalue weighted by atomic mass is 16.5. The molecule has 126 valence electrons. The quantitative estimate of drug-likeness (QED) is 0.808. The SMILES string of the molecule is CCOC(=O)c1ccnc2ccc(N3CCN(C(C)=O)CC3)cc12. The lowest BCUT2D eigenvalue weighted by atomic mass is 10.1. The zero-order valence-electron chi connectivity index (χ0n) is 14.0. The lowest BCUT2D eigenvalue weighted by molar-refractivity contribution is -0.129. The topological polar surface area (TPSA) is 62.7 Å². The molecule has 0 radical (unpaired) electrons. The van der Waals surface area contributed by atoms with Crippen molar-refractivity contribution in [3.8, 4) is 0 Å². The zero-order chi connectivity index (χ0) is 17.1. The second-order valence-corrected chi connectivity index (χ2v) is 5.77. The van der Waals surface area contributed by atoms with Gasteiger partial charge in [-0.1, -0.05) is 0 Å². The number of amides is 1. The first kappa shape index (κ1) is 16.2. The number of hydrogen-bond donors (Lipinski definition) is 0. The van der Waals surface area contributed by atoms with Crippen LogP contribution in [-0.4, -0.2) is 54.5 Å². The summed E-state index contributed by atoms with van der Waals surface area (Å²) in [4.78, 5) is 32.0. The fourth-order valence-electron chi connectivity index (χ4n) is 3.00. The number of pyridine rings is 1. The summed E-state index contributed by atoms with van der Waals surface area (Å²) < 4.78 is 5.14. The average molecular weight is 327 g/mol. The van der Waals surface area contributed by atoms with E-state index in [-0.39, 0.29) is 11.9 Å². The Balaban J connectivity index is 1.89. The number of esters is 1. The number of anilines is 1. The number of piperazine rings is 1. The Hall–Kier alpha value is -2.63. The molecular weight excluding hydrogens is 306 g/mol. The standard InChI is InChI=1S/C18H21N3O3/c1-3-24-18(23)15-6-7-19-17-5-4-14(12-16(15)17)21-10-8-20(9-11-21)13(2)22/h4-7,12H,3,8-11H2,1-2H3. The van der Waals surface area contributed by atoms with Crippen molar-refractivity contribution in [2.45, 2.75) is 13.8 Å². The van der Waals surface area contributed by atoms with E-state index in [4.69, 9.17) is 4.74 Å². The molecule has 0 spiro atoms. The van der Waals surface area contributed by atoms with Gasteiger partial charge in [0, 0.05) is 50.4 Å². The molecule has 0 bridgehead atoms. The number of benzene rings is 1. The monoisotopic (exact) mass is 327 g/mol. The smallest absolute Gasteiger partial charge is 0.338 e. The summed E-state index contributed by atoms with van der Waals surface area (Å²) in [6, 6.07) is 7.61. The number of fused-ring (bicyclic) bond motifs is 1. The summed E-state index contributed by atoms with van der Waals surface area (Å²) in [5.74, 6) is -0.217. The molecule has 0 aliphatic carbocycles. The molecule has 6 heteroatoms. The zero-order valence-corrected chi connectivity index (χ0v) is 14.0. The highest BCUT2D eigenvalue weighted by molar-refractivity contribution is 6.04. The third-order valence-corrected chi connectivity index (χ3v) is 4.31. The van der Waals surface area contributed by atoms with E-state index in [1.54, 1.807) is 26.1 Å². The van der Waals surface area contributed by atoms with Crippen LogP contribution in [0, 0.1) is 0 Å². The van der Waals surface area contributed by atoms with Gasteiger partial charge >= 0.3 is 5.97 Å². The summed E-state index contributed by atoms with van der Waals surface area (Å²) in [7, 11) is 0. The Morgan fingerprint density at radius 3 is 2.58 bits per heavy atom. The predicted octanol–water partition coefficient (Wildman–Crippen LogP) is 2.08. The number of hydrogen-bond acceptors (Lipinski definition) is 5. The number of carbonyl (C=O) groups is 2. The van der Waals surface area contributed by atoms with Crippen molar-refractivity contribution in [1.29, 1.82) is 0 Å². The minimum atomic E-state index is -0.330. The van der Waals surface area contributed by atoms with Gasteiger partial charge in [-0.2, -0.15) is 0 Å². The lowest BCUT2D eigenvalue weighted by Crippen LogP contribution is -2.48. The first-order valence-corrected chi connectivity index (χ1v) is 8.16. The molecule has 1 aromatic heterocycles. The maximum Gasteiger partial charge on any atom is 0.338 e. The maximum atomic E-state index is 12.2. The molecule has 0 saturated carbocycles. The molecule has 2 heterocycles. The van der Waals surface area contributed by atoms with Gasteiger partial charge in [0.15, 0.2) is 0 Å². The molecular formula is C18H21N3O3. The Bertz CT molecular complexity index is 767. The molecule has 1 fully saturated rings. The molecule has 0 atom stereocenters. The minimum Gasteiger partial charge on any atom is -0.462 e. The van der Waals surface area contributed by atoms with Gasteiger partial charge in [0.05, 0.1) is 17.7 Å². The van der Waals surface area contributed by atoms with E-state index >= 15 is 0 Å². The van der Waals surface area contributed by atoms with Crippen LogP contribution >= 0.6 is 0 Å². The third kappa shape index (κ3) is 3.18. The van der Waals surface area contributed by atoms with Crippen LogP contribution in [0.15, 0.2) is 30.5 Å². The van der Waals surface area contributed by atoms with E-state index in [2.05, 4.69) is 9.88 Å². The average Bonchev–Trinajstić information content (AvgIpc) is 2.61. The molecule has 1 aliphatic rings. The number of aromatic nitrogens is 1. The van der Waals surface area contributed by atoms with E-state index in [1.165, 1.54) is 0 Å². The molecule has 0 unspecified atom stereocenters. The van der Waals surface area contributed by atoms with Crippen LogP contribution in [-0.2, 0) is 9.53 Å². The van der Waals surface area contributed by atoms with Crippen LogP contribution in [0.5, 0.6) is 0 Å². The van der Waals surface area contributed by atoms with E-state index in [1.807, 2.05) is 23.1 Å². The summed E-state index contributed by atoms with van der Waals surface area (Å²) in [5, 5.41) is 0.794. The van der Waals surface area contributed by atoms with Crippen molar-refractivity contribution in [2.24, 2.45) is 0 Å². The van der Waals surface area contributed by atoms with Crippen molar-refractivity contribution >= 4 is 28.5 Å². The summed E-state index contributed by atoms with van der Waals surface area (Å²) in [6.07, 6.45) is 1.62. The van der Waals surface area contributed by atoms with Gasteiger partial charge in [-0.15, -0.1) is 0 Å². The van der Waals surface area contributed by atoms with Crippen LogP contribution in [0.2, 0.25) is 0 Å². The van der Waals surface area contributed by atoms with Gasteiger partial charge < -0.3 is 14.5 Å². The van der Waals surface area contributed by atoms with Gasteiger partial charge in [0.1, 0.15) is 0 Å². The molecule has 0 N–H and O–H groups in total. The van der Waals surface area contributed by atoms with Crippen LogP contribution in [0.25, 0.3) is 10.9 Å². The lowest BCUT2D eigenvalue weighted by Gasteiger charge is -2.35. The maximum absolute atomic E-state index is 12.2. The van der Waals surface area contributed by atoms with E-state index in [0.29, 0.717) is 25.3 Å². The van der Waals surface area contributed by atoms with Gasteiger partial charge in [-0.3, -0.25) is 9.78 Å². The first-order chi connectivity index (χ1) is 11.6. The normalized spacial score (nSPS) is 14.8. The molecule has 3 rings (SSSR count). The van der Waals surface area contributed by atoms with Crippen LogP contribution < -0.4 is 4.90 Å². The molecule has 24 heavy (non-hydrogen) atoms. The van der Waals surface area contributed by atoms with Gasteiger partial charge in [-0.25, -0.2) is 4.79 Å². The number of rotatable bonds is 3. The van der Waals surface area contributed by atoms with E-state index in [9.17, 15) is 9.59 Å². The number of ether oxygens (including phenoxy) is 1. The van der Waals surface area contributed by atoms with Crippen LogP contribution in [0.1, 0.15) is 24.2 Å². The molecule has 1 amide bonds. The van der Waals surface area contributed by atoms with Crippen molar-refractivity contribution in [3.05, 3.63) is 36.0 Å². The van der Waals surface area contributed by atoms with Gasteiger partial charge in [0.25, 0.3) is 0 Å². The Morgan fingerprint density at radius 1 is 1.17 bits per heavy atom. The number of carbonyl (C=O) groups excluding carboxylic acids is 2. The van der Waals surface area contributed by atoms with Crippen molar-refractivity contribution in [1.82, 2.24) is 9.88 Å². The fraction of sp³-hybridized carbons (Fsp3) is 0.389. The van der Waals surface area contributed by atoms with Gasteiger partial charge in [-0.05, 0) is 31.2 Å². The Labute approximate surface area is 141 Å². The first-order valence-electron chi connectivity index (χ1n) is 8.16. The summed E-state index contributed by atoms with van der Waals surface area (Å²) >= 11 is 0. The summed E-state index contributed by atoms with van der Waals surface area (Å²) in [6.45, 7) is 6.72. The van der Waals surface area contributed by atoms with Crippen LogP contribution in [0.3, 0.4) is 0 Å². The van der Waals surface area contributed by atoms with Crippen molar-refractivity contribution in [2.75, 3.05) is 37.7 Å². The largest absolute Gasteiger partial charge is 0.462 e. The second kappa shape index (κ2) is 6.86. The molecule has 1 aromatic carbocycles. The predicted molar refractivity (Wildman–Crippen MR) is 92.2 cm³/mol. The molecule has 2 aromatic rings. The van der Waals surface area contributed by atoms with Crippen molar-refractivity contribution < 1.29 is 14.3 Å². The number of nitrogens with zero attached hydrogens (tertiary/aromatic N) is 3. The summed E-state index contributed by atoms with van der Waals surface area (Å²) in [5.41, 5.74) is 2.34. The van der Waals surface area contributed by atoms with E-state index < -0.39 is 0 Å². The minimum absolute atomic E-state index is 0.113. The molecule has 1 aliphatic heterocycles. The highest BCUT2D eigenvalue weighted by Gasteiger charge is 2.20.